The van der Waals surface area contributed by atoms with Crippen molar-refractivity contribution in [1.82, 2.24) is 0 Å². The van der Waals surface area contributed by atoms with E-state index in [1.54, 1.807) is 6.08 Å². The van der Waals surface area contributed by atoms with Gasteiger partial charge in [-0.15, -0.1) is 0 Å². The van der Waals surface area contributed by atoms with E-state index in [1.807, 2.05) is 71.6 Å². The Labute approximate surface area is 197 Å². The number of anilines is 1. The lowest BCUT2D eigenvalue weighted by Gasteiger charge is -2.39. The molecule has 3 aromatic rings. The van der Waals surface area contributed by atoms with Crippen LogP contribution in [0.15, 0.2) is 83.3 Å². The summed E-state index contributed by atoms with van der Waals surface area (Å²) < 4.78 is 1.00. The van der Waals surface area contributed by atoms with Crippen LogP contribution in [0.3, 0.4) is 0 Å². The summed E-state index contributed by atoms with van der Waals surface area (Å²) in [6.07, 6.45) is 4.67. The number of amides is 1. The largest absolute Gasteiger partial charge is 0.312 e. The molecule has 1 aliphatic rings. The van der Waals surface area contributed by atoms with Gasteiger partial charge in [0, 0.05) is 34.1 Å². The average Bonchev–Trinajstić information content (AvgIpc) is 2.78. The lowest BCUT2D eigenvalue weighted by molar-refractivity contribution is -0.120. The number of allylic oxidation sites excluding steroid dienone is 1. The van der Waals surface area contributed by atoms with Crippen LogP contribution < -0.4 is 4.90 Å². The SMILES string of the molecule is CC1(C)CC(=O)N(CCc2ccccc2)c2ccc(C(=O)C=Cc3ccc(Br)cc3)cc21. The summed E-state index contributed by atoms with van der Waals surface area (Å²) in [6, 6.07) is 23.7. The van der Waals surface area contributed by atoms with Gasteiger partial charge in [-0.05, 0) is 59.5 Å². The van der Waals surface area contributed by atoms with Gasteiger partial charge in [0.15, 0.2) is 5.78 Å². The van der Waals surface area contributed by atoms with Crippen LogP contribution in [0.4, 0.5) is 5.69 Å². The first kappa shape index (κ1) is 22.2. The van der Waals surface area contributed by atoms with Gasteiger partial charge in [-0.1, -0.05) is 78.3 Å². The maximum absolute atomic E-state index is 12.9. The molecule has 3 nitrogen and oxygen atoms in total. The van der Waals surface area contributed by atoms with Gasteiger partial charge in [0.05, 0.1) is 0 Å². The molecule has 0 N–H and O–H groups in total. The number of hydrogen-bond donors (Lipinski definition) is 0. The third-order valence-electron chi connectivity index (χ3n) is 5.96. The van der Waals surface area contributed by atoms with Gasteiger partial charge in [-0.3, -0.25) is 9.59 Å². The van der Waals surface area contributed by atoms with Crippen molar-refractivity contribution >= 4 is 39.4 Å². The first-order valence-electron chi connectivity index (χ1n) is 10.8. The number of benzene rings is 3. The van der Waals surface area contributed by atoms with E-state index < -0.39 is 0 Å². The molecule has 0 aliphatic carbocycles. The summed E-state index contributed by atoms with van der Waals surface area (Å²) >= 11 is 3.42. The predicted octanol–water partition coefficient (Wildman–Crippen LogP) is 6.60. The Morgan fingerprint density at radius 3 is 2.47 bits per heavy atom. The minimum absolute atomic E-state index is 0.0424. The molecule has 0 unspecified atom stereocenters. The molecule has 0 aromatic heterocycles. The second-order valence-electron chi connectivity index (χ2n) is 8.82. The van der Waals surface area contributed by atoms with Crippen molar-refractivity contribution in [2.45, 2.75) is 32.1 Å². The molecule has 4 rings (SSSR count). The molecule has 1 amide bonds. The maximum Gasteiger partial charge on any atom is 0.227 e. The molecule has 0 radical (unpaired) electrons. The van der Waals surface area contributed by atoms with Gasteiger partial charge < -0.3 is 4.90 Å². The summed E-state index contributed by atoms with van der Waals surface area (Å²) in [5, 5.41) is 0. The Bertz CT molecular complexity index is 1160. The maximum atomic E-state index is 12.9. The zero-order valence-corrected chi connectivity index (χ0v) is 19.9. The number of nitrogens with zero attached hydrogens (tertiary/aromatic N) is 1. The van der Waals surface area contributed by atoms with Crippen LogP contribution in [0, 0.1) is 0 Å². The minimum Gasteiger partial charge on any atom is -0.312 e. The minimum atomic E-state index is -0.318. The molecule has 162 valence electrons. The molecule has 0 spiro atoms. The second kappa shape index (κ2) is 9.25. The van der Waals surface area contributed by atoms with Crippen LogP contribution in [-0.2, 0) is 16.6 Å². The van der Waals surface area contributed by atoms with Gasteiger partial charge in [-0.2, -0.15) is 0 Å². The molecule has 0 bridgehead atoms. The van der Waals surface area contributed by atoms with E-state index in [0.29, 0.717) is 18.5 Å². The van der Waals surface area contributed by atoms with Gasteiger partial charge in [0.2, 0.25) is 5.91 Å². The standard InChI is InChI=1S/C28H26BrNO2/c1-28(2)19-27(32)30(17-16-20-6-4-3-5-7-20)25-14-11-22(18-24(25)28)26(31)15-10-21-8-12-23(29)13-9-21/h3-15,18H,16-17,19H2,1-2H3. The molecular weight excluding hydrogens is 462 g/mol. The van der Waals surface area contributed by atoms with Crippen molar-refractivity contribution in [2.24, 2.45) is 0 Å². The van der Waals surface area contributed by atoms with Crippen LogP contribution >= 0.6 is 15.9 Å². The summed E-state index contributed by atoms with van der Waals surface area (Å²) in [5.74, 6) is 0.0897. The molecule has 3 aromatic carbocycles. The lowest BCUT2D eigenvalue weighted by atomic mass is 9.76. The lowest BCUT2D eigenvalue weighted by Crippen LogP contribution is -2.43. The van der Waals surface area contributed by atoms with E-state index in [4.69, 9.17) is 0 Å². The molecule has 0 fully saturated rings. The monoisotopic (exact) mass is 487 g/mol. The average molecular weight is 488 g/mol. The normalized spacial score (nSPS) is 15.1. The fourth-order valence-electron chi connectivity index (χ4n) is 4.14. The van der Waals surface area contributed by atoms with Crippen molar-refractivity contribution in [3.63, 3.8) is 0 Å². The number of carbonyl (C=O) groups excluding carboxylic acids is 2. The Morgan fingerprint density at radius 2 is 1.75 bits per heavy atom. The molecule has 0 saturated heterocycles. The fraction of sp³-hybridized carbons (Fsp3) is 0.214. The predicted molar refractivity (Wildman–Crippen MR) is 134 cm³/mol. The molecule has 1 heterocycles. The number of rotatable bonds is 6. The number of halogens is 1. The first-order chi connectivity index (χ1) is 15.3. The second-order valence-corrected chi connectivity index (χ2v) is 9.74. The highest BCUT2D eigenvalue weighted by Crippen LogP contribution is 2.41. The molecule has 32 heavy (non-hydrogen) atoms. The summed E-state index contributed by atoms with van der Waals surface area (Å²) in [6.45, 7) is 4.77. The summed E-state index contributed by atoms with van der Waals surface area (Å²) in [7, 11) is 0. The topological polar surface area (TPSA) is 37.4 Å². The Hall–Kier alpha value is -2.98. The van der Waals surface area contributed by atoms with Crippen molar-refractivity contribution in [1.29, 1.82) is 0 Å². The first-order valence-corrected chi connectivity index (χ1v) is 11.6. The Morgan fingerprint density at radius 1 is 1.03 bits per heavy atom. The zero-order chi connectivity index (χ0) is 22.7. The van der Waals surface area contributed by atoms with Crippen molar-refractivity contribution in [2.75, 3.05) is 11.4 Å². The van der Waals surface area contributed by atoms with Crippen LogP contribution in [0.2, 0.25) is 0 Å². The van der Waals surface area contributed by atoms with E-state index >= 15 is 0 Å². The Kier molecular flexibility index (Phi) is 6.43. The fourth-order valence-corrected chi connectivity index (χ4v) is 4.41. The van der Waals surface area contributed by atoms with Crippen LogP contribution in [0.1, 0.15) is 47.3 Å². The van der Waals surface area contributed by atoms with Gasteiger partial charge in [0.25, 0.3) is 0 Å². The molecule has 4 heteroatoms. The van der Waals surface area contributed by atoms with Gasteiger partial charge >= 0.3 is 0 Å². The smallest absolute Gasteiger partial charge is 0.227 e. The highest BCUT2D eigenvalue weighted by molar-refractivity contribution is 9.10. The highest BCUT2D eigenvalue weighted by Gasteiger charge is 2.36. The van der Waals surface area contributed by atoms with Crippen molar-refractivity contribution < 1.29 is 9.59 Å². The summed E-state index contributed by atoms with van der Waals surface area (Å²) in [5.41, 5.74) is 4.46. The molecule has 0 atom stereocenters. The van der Waals surface area contributed by atoms with Crippen LogP contribution in [0.25, 0.3) is 6.08 Å². The van der Waals surface area contributed by atoms with Crippen LogP contribution in [-0.4, -0.2) is 18.2 Å². The molecule has 0 saturated carbocycles. The Balaban J connectivity index is 1.58. The van der Waals surface area contributed by atoms with Gasteiger partial charge in [0.1, 0.15) is 0 Å². The van der Waals surface area contributed by atoms with Gasteiger partial charge in [-0.25, -0.2) is 0 Å². The molecular formula is C28H26BrNO2. The van der Waals surface area contributed by atoms with Crippen molar-refractivity contribution in [3.05, 3.63) is 106 Å². The molecule has 1 aliphatic heterocycles. The zero-order valence-electron chi connectivity index (χ0n) is 18.3. The van der Waals surface area contributed by atoms with E-state index in [-0.39, 0.29) is 17.1 Å². The number of carbonyl (C=O) groups is 2. The van der Waals surface area contributed by atoms with E-state index in [2.05, 4.69) is 41.9 Å². The van der Waals surface area contributed by atoms with Crippen LogP contribution in [0.5, 0.6) is 0 Å². The number of ketones is 1. The van der Waals surface area contributed by atoms with E-state index in [1.165, 1.54) is 5.56 Å². The third-order valence-corrected chi connectivity index (χ3v) is 6.49. The summed E-state index contributed by atoms with van der Waals surface area (Å²) in [4.78, 5) is 27.7. The van der Waals surface area contributed by atoms with E-state index in [0.717, 1.165) is 27.7 Å². The van der Waals surface area contributed by atoms with E-state index in [9.17, 15) is 9.59 Å². The number of hydrogen-bond acceptors (Lipinski definition) is 2. The van der Waals surface area contributed by atoms with Crippen molar-refractivity contribution in [3.8, 4) is 0 Å². The quantitative estimate of drug-likeness (QED) is 0.290. The number of fused-ring (bicyclic) bond motifs is 1. The highest BCUT2D eigenvalue weighted by atomic mass is 79.9. The third kappa shape index (κ3) is 4.91.